The number of carbonyl (C=O) groups excluding carboxylic acids is 1. The van der Waals surface area contributed by atoms with E-state index in [1.165, 1.54) is 23.4 Å². The van der Waals surface area contributed by atoms with Crippen molar-refractivity contribution >= 4 is 38.5 Å². The fourth-order valence-corrected chi connectivity index (χ4v) is 31.1. The van der Waals surface area contributed by atoms with E-state index in [9.17, 15) is 4.79 Å². The van der Waals surface area contributed by atoms with Crippen molar-refractivity contribution in [1.82, 2.24) is 0 Å². The molecule has 0 bridgehead atoms. The van der Waals surface area contributed by atoms with Gasteiger partial charge in [0.2, 0.25) is 0 Å². The second kappa shape index (κ2) is 10.6. The third kappa shape index (κ3) is 16.3. The third-order valence-electron chi connectivity index (χ3n) is 4.45. The highest BCUT2D eigenvalue weighted by Crippen LogP contribution is 2.25. The van der Waals surface area contributed by atoms with Crippen LogP contribution in [-0.2, 0) is 9.47 Å². The molecule has 3 nitrogen and oxygen atoms in total. The zero-order valence-corrected chi connectivity index (χ0v) is 23.4. The molecule has 0 heterocycles. The molecule has 0 aliphatic heterocycles. The van der Waals surface area contributed by atoms with Crippen LogP contribution in [0.15, 0.2) is 0 Å². The molecule has 0 aromatic heterocycles. The number of hydrogen-bond acceptors (Lipinski definition) is 3. The standard InChI is InChI=1S/C19H46O3Si4/c1-23(2,3)17-25(7,8)15-11-13-21-19(20)22-14-12-16-26(9,10)18-24(4,5)6/h11-18H2,1-10H3. The first-order valence-corrected chi connectivity index (χ1v) is 24.6. The van der Waals surface area contributed by atoms with Gasteiger partial charge in [-0.05, 0) is 12.8 Å². The van der Waals surface area contributed by atoms with Gasteiger partial charge >= 0.3 is 6.16 Å². The number of hydrogen-bond donors (Lipinski definition) is 0. The van der Waals surface area contributed by atoms with Crippen molar-refractivity contribution in [1.29, 1.82) is 0 Å². The summed E-state index contributed by atoms with van der Waals surface area (Å²) in [4.78, 5) is 11.7. The molecule has 26 heavy (non-hydrogen) atoms. The topological polar surface area (TPSA) is 35.5 Å². The first kappa shape index (κ1) is 26.1. The third-order valence-corrected chi connectivity index (χ3v) is 24.0. The van der Waals surface area contributed by atoms with E-state index < -0.39 is 38.5 Å². The molecular formula is C19H46O3Si4. The van der Waals surface area contributed by atoms with Crippen molar-refractivity contribution in [2.24, 2.45) is 0 Å². The SMILES string of the molecule is C[Si](C)(C)C[Si](C)(C)CCCOC(=O)OCCC[Si](C)(C)C[Si](C)(C)C. The van der Waals surface area contributed by atoms with Crippen LogP contribution in [0.4, 0.5) is 4.79 Å². The molecule has 0 unspecified atom stereocenters. The highest BCUT2D eigenvalue weighted by atomic mass is 28.4. The lowest BCUT2D eigenvalue weighted by Crippen LogP contribution is -2.37. The van der Waals surface area contributed by atoms with Crippen LogP contribution >= 0.6 is 0 Å². The van der Waals surface area contributed by atoms with E-state index in [0.717, 1.165) is 12.8 Å². The summed E-state index contributed by atoms with van der Waals surface area (Å²) in [6.45, 7) is 25.6. The number of carbonyl (C=O) groups is 1. The van der Waals surface area contributed by atoms with E-state index >= 15 is 0 Å². The molecule has 0 spiro atoms. The average Bonchev–Trinajstić information content (AvgIpc) is 2.34. The Hall–Kier alpha value is 0.138. The van der Waals surface area contributed by atoms with Gasteiger partial charge in [-0.3, -0.25) is 0 Å². The minimum atomic E-state index is -1.15. The molecule has 0 atom stereocenters. The summed E-state index contributed by atoms with van der Waals surface area (Å²) in [6.07, 6.45) is 1.49. The molecule has 0 radical (unpaired) electrons. The van der Waals surface area contributed by atoms with Gasteiger partial charge in [-0.1, -0.05) is 88.9 Å². The molecule has 0 saturated carbocycles. The average molecular weight is 435 g/mol. The molecule has 0 saturated heterocycles. The smallest absolute Gasteiger partial charge is 0.434 e. The van der Waals surface area contributed by atoms with E-state index in [-0.39, 0.29) is 0 Å². The molecular weight excluding hydrogens is 389 g/mol. The van der Waals surface area contributed by atoms with Crippen LogP contribution in [0.25, 0.3) is 0 Å². The van der Waals surface area contributed by atoms with Gasteiger partial charge in [-0.2, -0.15) is 0 Å². The van der Waals surface area contributed by atoms with Crippen molar-refractivity contribution in [3.05, 3.63) is 0 Å². The fraction of sp³-hybridized carbons (Fsp3) is 0.947. The van der Waals surface area contributed by atoms with Crippen molar-refractivity contribution < 1.29 is 14.3 Å². The zero-order valence-electron chi connectivity index (χ0n) is 19.4. The number of rotatable bonds is 12. The Morgan fingerprint density at radius 3 is 1.19 bits per heavy atom. The van der Waals surface area contributed by atoms with E-state index in [0.29, 0.717) is 13.2 Å². The van der Waals surface area contributed by atoms with Crippen LogP contribution < -0.4 is 0 Å². The van der Waals surface area contributed by atoms with Crippen LogP contribution in [0.3, 0.4) is 0 Å². The summed E-state index contributed by atoms with van der Waals surface area (Å²) in [5, 5.41) is 0. The lowest BCUT2D eigenvalue weighted by molar-refractivity contribution is 0.0553. The first-order valence-electron chi connectivity index (χ1n) is 10.3. The van der Waals surface area contributed by atoms with Crippen LogP contribution in [0.2, 0.25) is 88.9 Å². The zero-order chi connectivity index (χ0) is 20.6. The van der Waals surface area contributed by atoms with Gasteiger partial charge in [0.15, 0.2) is 0 Å². The lowest BCUT2D eigenvalue weighted by atomic mass is 10.5. The molecule has 0 fully saturated rings. The molecule has 0 amide bonds. The molecule has 0 rings (SSSR count). The van der Waals surface area contributed by atoms with E-state index in [2.05, 4.69) is 65.5 Å². The molecule has 7 heteroatoms. The van der Waals surface area contributed by atoms with Crippen molar-refractivity contribution in [2.75, 3.05) is 13.2 Å². The van der Waals surface area contributed by atoms with Gasteiger partial charge in [-0.25, -0.2) is 4.79 Å². The van der Waals surface area contributed by atoms with Gasteiger partial charge in [0.1, 0.15) is 0 Å². The molecule has 0 aliphatic rings. The van der Waals surface area contributed by atoms with E-state index in [1.807, 2.05) is 0 Å². The van der Waals surface area contributed by atoms with E-state index in [4.69, 9.17) is 9.47 Å². The Balaban J connectivity index is 3.88. The highest BCUT2D eigenvalue weighted by molar-refractivity contribution is 6.95. The lowest BCUT2D eigenvalue weighted by Gasteiger charge is -2.29. The van der Waals surface area contributed by atoms with Gasteiger partial charge in [-0.15, -0.1) is 0 Å². The summed E-state index contributed by atoms with van der Waals surface area (Å²) < 4.78 is 10.5. The predicted molar refractivity (Wildman–Crippen MR) is 127 cm³/mol. The van der Waals surface area contributed by atoms with Crippen molar-refractivity contribution in [3.8, 4) is 0 Å². The monoisotopic (exact) mass is 434 g/mol. The Labute approximate surface area is 167 Å². The van der Waals surface area contributed by atoms with Crippen LogP contribution in [0, 0.1) is 0 Å². The maximum absolute atomic E-state index is 11.7. The Morgan fingerprint density at radius 1 is 0.615 bits per heavy atom. The fourth-order valence-electron chi connectivity index (χ4n) is 4.50. The Bertz CT molecular complexity index is 385. The Morgan fingerprint density at radius 2 is 0.923 bits per heavy atom. The quantitative estimate of drug-likeness (QED) is 0.187. The summed E-state index contributed by atoms with van der Waals surface area (Å²) >= 11 is 0. The van der Waals surface area contributed by atoms with Crippen molar-refractivity contribution in [2.45, 2.75) is 102 Å². The molecule has 0 aromatic carbocycles. The maximum Gasteiger partial charge on any atom is 0.508 e. The second-order valence-electron chi connectivity index (χ2n) is 12.0. The normalized spacial score (nSPS) is 13.6. The molecule has 0 N–H and O–H groups in total. The maximum atomic E-state index is 11.7. The van der Waals surface area contributed by atoms with Crippen LogP contribution in [0.5, 0.6) is 0 Å². The van der Waals surface area contributed by atoms with Gasteiger partial charge in [0.05, 0.1) is 13.2 Å². The first-order chi connectivity index (χ1) is 11.5. The largest absolute Gasteiger partial charge is 0.508 e. The van der Waals surface area contributed by atoms with Crippen LogP contribution in [-0.4, -0.2) is 51.7 Å². The predicted octanol–water partition coefficient (Wildman–Crippen LogP) is 7.09. The summed E-state index contributed by atoms with van der Waals surface area (Å²) in [5.74, 6) is 0. The van der Waals surface area contributed by atoms with Gasteiger partial charge in [0, 0.05) is 32.3 Å². The highest BCUT2D eigenvalue weighted by Gasteiger charge is 2.29. The molecule has 0 aliphatic carbocycles. The summed E-state index contributed by atoms with van der Waals surface area (Å²) in [5.41, 5.74) is 2.89. The van der Waals surface area contributed by atoms with Gasteiger partial charge in [0.25, 0.3) is 0 Å². The summed E-state index contributed by atoms with van der Waals surface area (Å²) in [7, 11) is -4.27. The minimum Gasteiger partial charge on any atom is -0.434 e. The molecule has 156 valence electrons. The van der Waals surface area contributed by atoms with E-state index in [1.54, 1.807) is 0 Å². The Kier molecular flexibility index (Phi) is 10.7. The van der Waals surface area contributed by atoms with Crippen molar-refractivity contribution in [3.63, 3.8) is 0 Å². The number of ether oxygens (including phenoxy) is 2. The summed E-state index contributed by atoms with van der Waals surface area (Å²) in [6, 6.07) is 2.47. The minimum absolute atomic E-state index is 0.473. The second-order valence-corrected chi connectivity index (χ2v) is 34.7. The van der Waals surface area contributed by atoms with Gasteiger partial charge < -0.3 is 9.47 Å². The van der Waals surface area contributed by atoms with Crippen LogP contribution in [0.1, 0.15) is 12.8 Å². The molecule has 0 aromatic rings.